The number of carboxylic acids is 1. The maximum Gasteiger partial charge on any atom is 0.326 e. The monoisotopic (exact) mass is 425 g/mol. The predicted octanol–water partition coefficient (Wildman–Crippen LogP) is 3.90. The van der Waals surface area contributed by atoms with Gasteiger partial charge in [-0.1, -0.05) is 42.5 Å². The van der Waals surface area contributed by atoms with Crippen LogP contribution in [0.5, 0.6) is 5.75 Å². The lowest BCUT2D eigenvalue weighted by Crippen LogP contribution is -2.43. The SMILES string of the molecule is O=C(Cc1cc(F)cc(F)c1)N[C@H](Cc1cccc(OCc2ccccc2)c1)C(=O)O. The smallest absolute Gasteiger partial charge is 0.326 e. The largest absolute Gasteiger partial charge is 0.489 e. The van der Waals surface area contributed by atoms with Crippen molar-refractivity contribution in [2.45, 2.75) is 25.5 Å². The Morgan fingerprint density at radius 2 is 1.55 bits per heavy atom. The van der Waals surface area contributed by atoms with Crippen LogP contribution in [0, 0.1) is 11.6 Å². The van der Waals surface area contributed by atoms with E-state index in [1.165, 1.54) is 0 Å². The first-order valence-electron chi connectivity index (χ1n) is 9.62. The van der Waals surface area contributed by atoms with E-state index >= 15 is 0 Å². The molecule has 0 aliphatic heterocycles. The van der Waals surface area contributed by atoms with Gasteiger partial charge in [-0.15, -0.1) is 0 Å². The van der Waals surface area contributed by atoms with Gasteiger partial charge in [-0.25, -0.2) is 13.6 Å². The number of hydrogen-bond donors (Lipinski definition) is 2. The van der Waals surface area contributed by atoms with Crippen molar-refractivity contribution in [3.8, 4) is 5.75 Å². The summed E-state index contributed by atoms with van der Waals surface area (Å²) in [6, 6.07) is 18.1. The van der Waals surface area contributed by atoms with Crippen molar-refractivity contribution in [3.63, 3.8) is 0 Å². The summed E-state index contributed by atoms with van der Waals surface area (Å²) >= 11 is 0. The maximum atomic E-state index is 13.3. The topological polar surface area (TPSA) is 75.6 Å². The second kappa shape index (κ2) is 10.3. The highest BCUT2D eigenvalue weighted by molar-refractivity contribution is 5.85. The molecule has 0 radical (unpaired) electrons. The number of benzene rings is 3. The molecule has 1 amide bonds. The molecule has 0 saturated heterocycles. The normalized spacial score (nSPS) is 11.5. The number of carbonyl (C=O) groups excluding carboxylic acids is 1. The number of carboxylic acid groups (broad SMARTS) is 1. The summed E-state index contributed by atoms with van der Waals surface area (Å²) < 4.78 is 32.3. The molecule has 0 fully saturated rings. The molecule has 0 spiro atoms. The molecular weight excluding hydrogens is 404 g/mol. The Labute approximate surface area is 178 Å². The summed E-state index contributed by atoms with van der Waals surface area (Å²) in [6.07, 6.45) is -0.306. The van der Waals surface area contributed by atoms with Crippen molar-refractivity contribution >= 4 is 11.9 Å². The zero-order chi connectivity index (χ0) is 22.2. The van der Waals surface area contributed by atoms with E-state index in [1.807, 2.05) is 30.3 Å². The fourth-order valence-corrected chi connectivity index (χ4v) is 3.08. The van der Waals surface area contributed by atoms with E-state index in [0.29, 0.717) is 24.0 Å². The number of amides is 1. The first kappa shape index (κ1) is 22.0. The molecule has 0 aliphatic carbocycles. The molecule has 0 bridgehead atoms. The van der Waals surface area contributed by atoms with E-state index in [1.54, 1.807) is 24.3 Å². The number of halogens is 2. The maximum absolute atomic E-state index is 13.3. The highest BCUT2D eigenvalue weighted by atomic mass is 19.1. The first-order valence-corrected chi connectivity index (χ1v) is 9.62. The van der Waals surface area contributed by atoms with Crippen LogP contribution < -0.4 is 10.1 Å². The van der Waals surface area contributed by atoms with E-state index in [-0.39, 0.29) is 18.4 Å². The molecule has 0 aliphatic rings. The Morgan fingerprint density at radius 3 is 2.23 bits per heavy atom. The highest BCUT2D eigenvalue weighted by Gasteiger charge is 2.21. The van der Waals surface area contributed by atoms with Gasteiger partial charge >= 0.3 is 5.97 Å². The van der Waals surface area contributed by atoms with Crippen LogP contribution in [0.15, 0.2) is 72.8 Å². The average Bonchev–Trinajstić information content (AvgIpc) is 2.72. The molecule has 31 heavy (non-hydrogen) atoms. The molecule has 2 N–H and O–H groups in total. The van der Waals surface area contributed by atoms with Gasteiger partial charge in [0, 0.05) is 12.5 Å². The second-order valence-electron chi connectivity index (χ2n) is 7.04. The average molecular weight is 425 g/mol. The third kappa shape index (κ3) is 6.92. The van der Waals surface area contributed by atoms with Gasteiger partial charge in [-0.3, -0.25) is 4.79 Å². The first-order chi connectivity index (χ1) is 14.9. The highest BCUT2D eigenvalue weighted by Crippen LogP contribution is 2.17. The van der Waals surface area contributed by atoms with Crippen LogP contribution in [0.2, 0.25) is 0 Å². The van der Waals surface area contributed by atoms with Crippen LogP contribution in [0.25, 0.3) is 0 Å². The number of aliphatic carboxylic acids is 1. The Hall–Kier alpha value is -3.74. The second-order valence-corrected chi connectivity index (χ2v) is 7.04. The van der Waals surface area contributed by atoms with Crippen LogP contribution in [0.3, 0.4) is 0 Å². The van der Waals surface area contributed by atoms with Gasteiger partial charge in [0.05, 0.1) is 6.42 Å². The minimum atomic E-state index is -1.21. The van der Waals surface area contributed by atoms with Gasteiger partial charge in [0.2, 0.25) is 5.91 Å². The van der Waals surface area contributed by atoms with Crippen LogP contribution in [0.4, 0.5) is 8.78 Å². The van der Waals surface area contributed by atoms with Crippen LogP contribution in [0.1, 0.15) is 16.7 Å². The Bertz CT molecular complexity index is 1040. The lowest BCUT2D eigenvalue weighted by Gasteiger charge is -2.15. The number of hydrogen-bond acceptors (Lipinski definition) is 3. The molecule has 3 aromatic rings. The zero-order valence-electron chi connectivity index (χ0n) is 16.6. The molecule has 3 rings (SSSR count). The number of ether oxygens (including phenoxy) is 1. The van der Waals surface area contributed by atoms with Gasteiger partial charge in [0.15, 0.2) is 0 Å². The molecule has 0 saturated carbocycles. The fraction of sp³-hybridized carbons (Fsp3) is 0.167. The van der Waals surface area contributed by atoms with Gasteiger partial charge in [-0.05, 0) is 41.0 Å². The number of carbonyl (C=O) groups is 2. The lowest BCUT2D eigenvalue weighted by atomic mass is 10.0. The van der Waals surface area contributed by atoms with Crippen molar-refractivity contribution in [2.24, 2.45) is 0 Å². The van der Waals surface area contributed by atoms with Crippen molar-refractivity contribution in [1.82, 2.24) is 5.32 Å². The van der Waals surface area contributed by atoms with Crippen molar-refractivity contribution in [2.75, 3.05) is 0 Å². The van der Waals surface area contributed by atoms with Crippen molar-refractivity contribution in [1.29, 1.82) is 0 Å². The predicted molar refractivity (Wildman–Crippen MR) is 111 cm³/mol. The molecule has 160 valence electrons. The summed E-state index contributed by atoms with van der Waals surface area (Å²) in [5.41, 5.74) is 1.78. The summed E-state index contributed by atoms with van der Waals surface area (Å²) in [5, 5.41) is 11.9. The molecule has 1 atom stereocenters. The molecule has 7 heteroatoms. The molecule has 0 heterocycles. The minimum Gasteiger partial charge on any atom is -0.489 e. The molecule has 0 unspecified atom stereocenters. The van der Waals surface area contributed by atoms with Gasteiger partial charge < -0.3 is 15.2 Å². The van der Waals surface area contributed by atoms with Gasteiger partial charge in [0.25, 0.3) is 0 Å². The van der Waals surface area contributed by atoms with Crippen molar-refractivity contribution in [3.05, 3.63) is 101 Å². The van der Waals surface area contributed by atoms with E-state index in [4.69, 9.17) is 4.74 Å². The molecule has 0 aromatic heterocycles. The fourth-order valence-electron chi connectivity index (χ4n) is 3.08. The number of nitrogens with one attached hydrogen (secondary N) is 1. The summed E-state index contributed by atoms with van der Waals surface area (Å²) in [6.45, 7) is 0.369. The standard InChI is InChI=1S/C24H21F2NO4/c25-19-9-18(10-20(26)14-19)13-23(28)27-22(24(29)30)12-17-7-4-8-21(11-17)31-15-16-5-2-1-3-6-16/h1-11,14,22H,12-13,15H2,(H,27,28)(H,29,30)/t22-/m1/s1. The Morgan fingerprint density at radius 1 is 0.871 bits per heavy atom. The molecule has 3 aromatic carbocycles. The van der Waals surface area contributed by atoms with Crippen LogP contribution >= 0.6 is 0 Å². The Kier molecular flexibility index (Phi) is 7.32. The summed E-state index contributed by atoms with van der Waals surface area (Å²) in [7, 11) is 0. The van der Waals surface area contributed by atoms with Crippen LogP contribution in [-0.2, 0) is 29.0 Å². The van der Waals surface area contributed by atoms with Gasteiger partial charge in [-0.2, -0.15) is 0 Å². The summed E-state index contributed by atoms with van der Waals surface area (Å²) in [5.74, 6) is -2.88. The van der Waals surface area contributed by atoms with E-state index in [2.05, 4.69) is 5.32 Å². The quantitative estimate of drug-likeness (QED) is 0.545. The van der Waals surface area contributed by atoms with Crippen LogP contribution in [-0.4, -0.2) is 23.0 Å². The van der Waals surface area contributed by atoms with Crippen molar-refractivity contribution < 1.29 is 28.2 Å². The zero-order valence-corrected chi connectivity index (χ0v) is 16.6. The van der Waals surface area contributed by atoms with Gasteiger partial charge in [0.1, 0.15) is 30.0 Å². The third-order valence-electron chi connectivity index (χ3n) is 4.51. The summed E-state index contributed by atoms with van der Waals surface area (Å²) in [4.78, 5) is 23.9. The lowest BCUT2D eigenvalue weighted by molar-refractivity contribution is -0.141. The minimum absolute atomic E-state index is 0.0289. The Balaban J connectivity index is 1.61. The van der Waals surface area contributed by atoms with E-state index < -0.39 is 29.6 Å². The van der Waals surface area contributed by atoms with E-state index in [9.17, 15) is 23.5 Å². The number of rotatable bonds is 9. The third-order valence-corrected chi connectivity index (χ3v) is 4.51. The van der Waals surface area contributed by atoms with E-state index in [0.717, 1.165) is 17.7 Å². The molecule has 5 nitrogen and oxygen atoms in total. The molecular formula is C24H21F2NO4.